The smallest absolute Gasteiger partial charge is 0.166 e. The molecule has 168 valence electrons. The molecule has 0 aliphatic heterocycles. The first-order valence-corrected chi connectivity index (χ1v) is 10.8. The maximum absolute atomic E-state index is 9.40. The Bertz CT molecular complexity index is 1560. The quantitative estimate of drug-likeness (QED) is 0.422. The van der Waals surface area contributed by atoms with Gasteiger partial charge in [0, 0.05) is 11.8 Å². The Morgan fingerprint density at radius 3 is 2.62 bits per heavy atom. The Hall–Kier alpha value is -4.58. The SMILES string of the molecule is CCOc1cc(-c2ccc3ncc4ncn(-c5ccc(C(C)(C)C#N)nc5)c4c3n2)cnc1N. The van der Waals surface area contributed by atoms with E-state index in [4.69, 9.17) is 15.5 Å². The fraction of sp³-hybridized carbons (Fsp3) is 0.200. The number of nitrogens with two attached hydrogens (primary N) is 1. The van der Waals surface area contributed by atoms with E-state index >= 15 is 0 Å². The van der Waals surface area contributed by atoms with Gasteiger partial charge in [0.1, 0.15) is 22.9 Å². The number of ether oxygens (including phenoxy) is 1. The van der Waals surface area contributed by atoms with Crippen molar-refractivity contribution < 1.29 is 4.74 Å². The summed E-state index contributed by atoms with van der Waals surface area (Å²) in [6, 6.07) is 11.7. The first-order chi connectivity index (χ1) is 16.4. The van der Waals surface area contributed by atoms with Gasteiger partial charge in [-0.05, 0) is 51.1 Å². The van der Waals surface area contributed by atoms with Gasteiger partial charge in [0.15, 0.2) is 11.6 Å². The molecule has 0 spiro atoms. The molecule has 0 saturated heterocycles. The average Bonchev–Trinajstić information content (AvgIpc) is 3.30. The standard InChI is InChI=1S/C25H22N8O/c1-4-34-20-9-15(10-30-24(20)27)17-6-7-18-22(32-17)23-19(12-28-18)31-14-33(23)16-5-8-21(29-11-16)25(2,3)13-26/h5-12,14H,4H2,1-3H3,(H2,27,30). The molecule has 2 N–H and O–H groups in total. The lowest BCUT2D eigenvalue weighted by Gasteiger charge is -2.15. The van der Waals surface area contributed by atoms with E-state index in [1.165, 1.54) is 0 Å². The zero-order chi connectivity index (χ0) is 23.9. The van der Waals surface area contributed by atoms with Crippen LogP contribution in [0.4, 0.5) is 5.82 Å². The van der Waals surface area contributed by atoms with E-state index in [0.717, 1.165) is 22.3 Å². The Morgan fingerprint density at radius 1 is 1.03 bits per heavy atom. The van der Waals surface area contributed by atoms with Crippen molar-refractivity contribution in [3.63, 3.8) is 0 Å². The average molecular weight is 451 g/mol. The van der Waals surface area contributed by atoms with E-state index < -0.39 is 5.41 Å². The van der Waals surface area contributed by atoms with Gasteiger partial charge in [-0.1, -0.05) is 0 Å². The molecule has 9 nitrogen and oxygen atoms in total. The molecule has 0 aliphatic carbocycles. The van der Waals surface area contributed by atoms with Crippen LogP contribution in [0.2, 0.25) is 0 Å². The van der Waals surface area contributed by atoms with Crippen molar-refractivity contribution in [1.29, 1.82) is 5.26 Å². The van der Waals surface area contributed by atoms with E-state index in [0.29, 0.717) is 40.6 Å². The maximum Gasteiger partial charge on any atom is 0.166 e. The molecule has 5 rings (SSSR count). The van der Waals surface area contributed by atoms with E-state index in [-0.39, 0.29) is 0 Å². The zero-order valence-corrected chi connectivity index (χ0v) is 19.0. The molecule has 0 atom stereocenters. The summed E-state index contributed by atoms with van der Waals surface area (Å²) in [5.74, 6) is 0.860. The van der Waals surface area contributed by atoms with Crippen LogP contribution in [0.25, 0.3) is 39.0 Å². The van der Waals surface area contributed by atoms with Gasteiger partial charge < -0.3 is 10.5 Å². The molecule has 0 radical (unpaired) electrons. The van der Waals surface area contributed by atoms with Gasteiger partial charge in [0.2, 0.25) is 0 Å². The second kappa shape index (κ2) is 8.08. The summed E-state index contributed by atoms with van der Waals surface area (Å²) in [6.45, 7) is 6.07. The van der Waals surface area contributed by atoms with E-state index in [1.807, 2.05) is 55.7 Å². The number of rotatable bonds is 5. The predicted molar refractivity (Wildman–Crippen MR) is 129 cm³/mol. The molecule has 0 aliphatic rings. The Morgan fingerprint density at radius 2 is 1.88 bits per heavy atom. The molecule has 0 aromatic carbocycles. The number of nitrogens with zero attached hydrogens (tertiary/aromatic N) is 7. The van der Waals surface area contributed by atoms with Gasteiger partial charge in [-0.3, -0.25) is 14.5 Å². The number of anilines is 1. The van der Waals surface area contributed by atoms with Gasteiger partial charge in [-0.25, -0.2) is 15.0 Å². The third-order valence-electron chi connectivity index (χ3n) is 5.64. The zero-order valence-electron chi connectivity index (χ0n) is 19.0. The van der Waals surface area contributed by atoms with Gasteiger partial charge >= 0.3 is 0 Å². The highest BCUT2D eigenvalue weighted by Crippen LogP contribution is 2.30. The van der Waals surface area contributed by atoms with E-state index in [9.17, 15) is 5.26 Å². The number of aromatic nitrogens is 6. The molecule has 0 fully saturated rings. The molecule has 0 saturated carbocycles. The van der Waals surface area contributed by atoms with Crippen LogP contribution in [-0.4, -0.2) is 36.1 Å². The Balaban J connectivity index is 1.66. The number of nitriles is 1. The lowest BCUT2D eigenvalue weighted by Crippen LogP contribution is -2.15. The second-order valence-electron chi connectivity index (χ2n) is 8.35. The highest BCUT2D eigenvalue weighted by molar-refractivity contribution is 6.01. The van der Waals surface area contributed by atoms with Crippen LogP contribution < -0.4 is 10.5 Å². The van der Waals surface area contributed by atoms with Crippen LogP contribution in [0.3, 0.4) is 0 Å². The lowest BCUT2D eigenvalue weighted by atomic mass is 9.91. The van der Waals surface area contributed by atoms with Crippen LogP contribution in [0.15, 0.2) is 55.2 Å². The summed E-state index contributed by atoms with van der Waals surface area (Å²) in [5, 5.41) is 9.40. The molecule has 0 bridgehead atoms. The molecule has 5 aromatic rings. The van der Waals surface area contributed by atoms with Crippen molar-refractivity contribution in [1.82, 2.24) is 29.5 Å². The van der Waals surface area contributed by atoms with Crippen LogP contribution in [-0.2, 0) is 5.41 Å². The number of fused-ring (bicyclic) bond motifs is 3. The number of hydrogen-bond donors (Lipinski definition) is 1. The largest absolute Gasteiger partial charge is 0.490 e. The molecule has 9 heteroatoms. The van der Waals surface area contributed by atoms with E-state index in [2.05, 4.69) is 26.0 Å². The van der Waals surface area contributed by atoms with Crippen molar-refractivity contribution in [3.05, 3.63) is 60.9 Å². The minimum atomic E-state index is -0.671. The van der Waals surface area contributed by atoms with Gasteiger partial charge in [0.05, 0.1) is 53.1 Å². The maximum atomic E-state index is 9.40. The highest BCUT2D eigenvalue weighted by atomic mass is 16.5. The van der Waals surface area contributed by atoms with Crippen molar-refractivity contribution in [2.45, 2.75) is 26.2 Å². The third kappa shape index (κ3) is 3.55. The van der Waals surface area contributed by atoms with Crippen LogP contribution >= 0.6 is 0 Å². The summed E-state index contributed by atoms with van der Waals surface area (Å²) in [7, 11) is 0. The Labute approximate surface area is 195 Å². The van der Waals surface area contributed by atoms with Crippen LogP contribution in [0.5, 0.6) is 5.75 Å². The molecular weight excluding hydrogens is 428 g/mol. The van der Waals surface area contributed by atoms with Gasteiger partial charge in [0.25, 0.3) is 0 Å². The minimum Gasteiger partial charge on any atom is -0.490 e. The number of hydrogen-bond acceptors (Lipinski definition) is 8. The second-order valence-corrected chi connectivity index (χ2v) is 8.35. The summed E-state index contributed by atoms with van der Waals surface area (Å²) in [6.07, 6.45) is 6.87. The highest BCUT2D eigenvalue weighted by Gasteiger charge is 2.21. The fourth-order valence-electron chi connectivity index (χ4n) is 3.73. The topological polar surface area (TPSA) is 128 Å². The monoisotopic (exact) mass is 450 g/mol. The number of pyridine rings is 4. The van der Waals surface area contributed by atoms with Crippen molar-refractivity contribution in [2.75, 3.05) is 12.3 Å². The molecule has 5 aromatic heterocycles. The summed E-state index contributed by atoms with van der Waals surface area (Å²) in [4.78, 5) is 22.7. The first kappa shape index (κ1) is 21.3. The fourth-order valence-corrected chi connectivity index (χ4v) is 3.73. The Kier molecular flexibility index (Phi) is 5.06. The van der Waals surface area contributed by atoms with Crippen molar-refractivity contribution in [2.24, 2.45) is 0 Å². The molecule has 0 unspecified atom stereocenters. The molecule has 0 amide bonds. The number of nitrogen functional groups attached to an aromatic ring is 1. The summed E-state index contributed by atoms with van der Waals surface area (Å²) < 4.78 is 7.52. The van der Waals surface area contributed by atoms with Crippen molar-refractivity contribution in [3.8, 4) is 28.8 Å². The minimum absolute atomic E-state index is 0.337. The number of imidazole rings is 1. The summed E-state index contributed by atoms with van der Waals surface area (Å²) >= 11 is 0. The molecule has 34 heavy (non-hydrogen) atoms. The van der Waals surface area contributed by atoms with Crippen molar-refractivity contribution >= 4 is 27.9 Å². The molecular formula is C25H22N8O. The first-order valence-electron chi connectivity index (χ1n) is 10.8. The normalized spacial score (nSPS) is 11.6. The predicted octanol–water partition coefficient (Wildman–Crippen LogP) is 4.21. The van der Waals surface area contributed by atoms with Gasteiger partial charge in [-0.15, -0.1) is 0 Å². The molecule has 5 heterocycles. The third-order valence-corrected chi connectivity index (χ3v) is 5.64. The summed E-state index contributed by atoms with van der Waals surface area (Å²) in [5.41, 5.74) is 11.2. The van der Waals surface area contributed by atoms with Crippen LogP contribution in [0.1, 0.15) is 26.5 Å². The van der Waals surface area contributed by atoms with E-state index in [1.54, 1.807) is 24.9 Å². The van der Waals surface area contributed by atoms with Gasteiger partial charge in [-0.2, -0.15) is 5.26 Å². The lowest BCUT2D eigenvalue weighted by molar-refractivity contribution is 0.341. The van der Waals surface area contributed by atoms with Crippen LogP contribution in [0, 0.1) is 11.3 Å².